The van der Waals surface area contributed by atoms with Crippen molar-refractivity contribution in [2.75, 3.05) is 13.2 Å². The highest BCUT2D eigenvalue weighted by atomic mass is 28.3. The maximum atomic E-state index is 12.2. The molecular formula is C16H26O4Si. The van der Waals surface area contributed by atoms with Gasteiger partial charge in [0.25, 0.3) is 0 Å². The van der Waals surface area contributed by atoms with Crippen LogP contribution in [-0.4, -0.2) is 33.2 Å². The number of hydrogen-bond donors (Lipinski definition) is 0. The first-order chi connectivity index (χ1) is 9.81. The number of rotatable bonds is 6. The highest BCUT2D eigenvalue weighted by Gasteiger charge is 2.37. The predicted octanol–water partition coefficient (Wildman–Crippen LogP) is 3.11. The van der Waals surface area contributed by atoms with Crippen LogP contribution in [0.2, 0.25) is 19.6 Å². The lowest BCUT2D eigenvalue weighted by molar-refractivity contribution is -0.163. The fourth-order valence-corrected chi connectivity index (χ4v) is 3.68. The molecule has 4 nitrogen and oxygen atoms in total. The summed E-state index contributed by atoms with van der Waals surface area (Å²) < 4.78 is 10.1. The summed E-state index contributed by atoms with van der Waals surface area (Å²) in [4.78, 5) is 24.3. The molecule has 5 heteroatoms. The van der Waals surface area contributed by atoms with E-state index in [0.717, 1.165) is 0 Å². The van der Waals surface area contributed by atoms with Gasteiger partial charge in [0.1, 0.15) is 0 Å². The minimum Gasteiger partial charge on any atom is -0.465 e. The van der Waals surface area contributed by atoms with Crippen LogP contribution in [0.4, 0.5) is 0 Å². The first kappa shape index (κ1) is 17.7. The van der Waals surface area contributed by atoms with Crippen molar-refractivity contribution in [3.8, 4) is 0 Å². The molecule has 1 rings (SSSR count). The Labute approximate surface area is 128 Å². The van der Waals surface area contributed by atoms with E-state index in [1.165, 1.54) is 5.20 Å². The Morgan fingerprint density at radius 1 is 1.19 bits per heavy atom. The lowest BCUT2D eigenvalue weighted by Crippen LogP contribution is -2.35. The lowest BCUT2D eigenvalue weighted by atomic mass is 9.87. The number of allylic oxidation sites excluding steroid dienone is 4. The molecule has 0 aromatic heterocycles. The number of hydrogen-bond acceptors (Lipinski definition) is 4. The maximum absolute atomic E-state index is 12.2. The number of ether oxygens (including phenoxy) is 2. The molecule has 0 saturated heterocycles. The zero-order valence-electron chi connectivity index (χ0n) is 13.6. The Morgan fingerprint density at radius 3 is 2.14 bits per heavy atom. The largest absolute Gasteiger partial charge is 0.465 e. The molecule has 1 atom stereocenters. The summed E-state index contributed by atoms with van der Waals surface area (Å²) in [5, 5.41) is 1.26. The van der Waals surface area contributed by atoms with Gasteiger partial charge in [-0.05, 0) is 20.3 Å². The molecule has 21 heavy (non-hydrogen) atoms. The number of carbonyl (C=O) groups excluding carboxylic acids is 2. The van der Waals surface area contributed by atoms with Crippen molar-refractivity contribution in [3.63, 3.8) is 0 Å². The Hall–Kier alpha value is -1.36. The predicted molar refractivity (Wildman–Crippen MR) is 85.4 cm³/mol. The molecule has 118 valence electrons. The van der Waals surface area contributed by atoms with Crippen LogP contribution in [0, 0.1) is 11.8 Å². The summed E-state index contributed by atoms with van der Waals surface area (Å²) in [7, 11) is -1.48. The van der Waals surface area contributed by atoms with Gasteiger partial charge in [-0.25, -0.2) is 0 Å². The van der Waals surface area contributed by atoms with Crippen molar-refractivity contribution in [2.45, 2.75) is 39.9 Å². The average molecular weight is 310 g/mol. The van der Waals surface area contributed by atoms with Crippen LogP contribution in [-0.2, 0) is 19.1 Å². The van der Waals surface area contributed by atoms with Gasteiger partial charge >= 0.3 is 11.9 Å². The smallest absolute Gasteiger partial charge is 0.320 e. The zero-order chi connectivity index (χ0) is 16.0. The summed E-state index contributed by atoms with van der Waals surface area (Å²) in [5.41, 5.74) is 0. The summed E-state index contributed by atoms with van der Waals surface area (Å²) in [6, 6.07) is 0. The normalized spacial score (nSPS) is 18.4. The van der Waals surface area contributed by atoms with E-state index in [9.17, 15) is 9.59 Å². The van der Waals surface area contributed by atoms with Crippen LogP contribution in [0.3, 0.4) is 0 Å². The molecule has 0 heterocycles. The average Bonchev–Trinajstić information content (AvgIpc) is 2.39. The first-order valence-corrected chi connectivity index (χ1v) is 11.0. The number of esters is 2. The molecule has 0 amide bonds. The molecule has 0 N–H and O–H groups in total. The Kier molecular flexibility index (Phi) is 6.39. The van der Waals surface area contributed by atoms with E-state index in [-0.39, 0.29) is 19.1 Å². The van der Waals surface area contributed by atoms with E-state index in [1.54, 1.807) is 13.8 Å². The van der Waals surface area contributed by atoms with Gasteiger partial charge in [0.05, 0.1) is 21.3 Å². The maximum Gasteiger partial charge on any atom is 0.320 e. The monoisotopic (exact) mass is 310 g/mol. The number of carbonyl (C=O) groups is 2. The third-order valence-electron chi connectivity index (χ3n) is 3.47. The first-order valence-electron chi connectivity index (χ1n) is 7.53. The quantitative estimate of drug-likeness (QED) is 0.430. The van der Waals surface area contributed by atoms with Gasteiger partial charge in [0.15, 0.2) is 5.92 Å². The molecule has 0 bridgehead atoms. The molecule has 0 aromatic rings. The van der Waals surface area contributed by atoms with Crippen molar-refractivity contribution in [1.29, 1.82) is 0 Å². The molecular weight excluding hydrogens is 284 g/mol. The summed E-state index contributed by atoms with van der Waals surface area (Å²) in [6.45, 7) is 10.7. The molecule has 0 saturated carbocycles. The van der Waals surface area contributed by atoms with E-state index in [2.05, 4.69) is 31.8 Å². The molecule has 1 aliphatic rings. The molecule has 0 aliphatic heterocycles. The van der Waals surface area contributed by atoms with E-state index in [0.29, 0.717) is 6.42 Å². The Morgan fingerprint density at radius 2 is 1.71 bits per heavy atom. The van der Waals surface area contributed by atoms with Crippen LogP contribution in [0.25, 0.3) is 0 Å². The van der Waals surface area contributed by atoms with E-state index < -0.39 is 25.9 Å². The van der Waals surface area contributed by atoms with E-state index >= 15 is 0 Å². The second-order valence-corrected chi connectivity index (χ2v) is 11.2. The third kappa shape index (κ3) is 4.84. The van der Waals surface area contributed by atoms with Crippen molar-refractivity contribution in [3.05, 3.63) is 23.4 Å². The Balaban J connectivity index is 3.03. The summed E-state index contributed by atoms with van der Waals surface area (Å²) in [5.74, 6) is -2.00. The standard InChI is InChI=1S/C16H26O4Si/c1-6-19-15(17)14(16(18)20-7-2)12-9-8-10-13(11-12)21(3,4)5/h8,10-12,14H,6-7,9H2,1-5H3. The minimum atomic E-state index is -1.48. The van der Waals surface area contributed by atoms with Gasteiger partial charge in [0.2, 0.25) is 0 Å². The molecule has 0 spiro atoms. The van der Waals surface area contributed by atoms with Gasteiger partial charge in [0, 0.05) is 5.92 Å². The van der Waals surface area contributed by atoms with Crippen molar-refractivity contribution >= 4 is 20.0 Å². The molecule has 0 aromatic carbocycles. The van der Waals surface area contributed by atoms with Gasteiger partial charge in [-0.1, -0.05) is 43.1 Å². The van der Waals surface area contributed by atoms with Crippen LogP contribution in [0.1, 0.15) is 20.3 Å². The van der Waals surface area contributed by atoms with Crippen molar-refractivity contribution in [1.82, 2.24) is 0 Å². The van der Waals surface area contributed by atoms with Crippen LogP contribution in [0.15, 0.2) is 23.4 Å². The van der Waals surface area contributed by atoms with Gasteiger partial charge in [-0.15, -0.1) is 0 Å². The summed E-state index contributed by atoms with van der Waals surface area (Å²) in [6.07, 6.45) is 6.90. The zero-order valence-corrected chi connectivity index (χ0v) is 14.6. The fourth-order valence-electron chi connectivity index (χ4n) is 2.35. The second-order valence-electron chi connectivity index (χ2n) is 6.16. The SMILES string of the molecule is CCOC(=O)C(C(=O)OCC)C1C=C([Si](C)(C)C)C=CC1. The molecule has 0 fully saturated rings. The minimum absolute atomic E-state index is 0.171. The van der Waals surface area contributed by atoms with Crippen molar-refractivity contribution in [2.24, 2.45) is 11.8 Å². The molecule has 0 radical (unpaired) electrons. The fraction of sp³-hybridized carbons (Fsp3) is 0.625. The van der Waals surface area contributed by atoms with Crippen LogP contribution in [0.5, 0.6) is 0 Å². The topological polar surface area (TPSA) is 52.6 Å². The van der Waals surface area contributed by atoms with Gasteiger partial charge in [-0.2, -0.15) is 0 Å². The summed E-state index contributed by atoms with van der Waals surface area (Å²) >= 11 is 0. The Bertz CT molecular complexity index is 428. The highest BCUT2D eigenvalue weighted by molar-refractivity contribution is 6.83. The highest BCUT2D eigenvalue weighted by Crippen LogP contribution is 2.30. The van der Waals surface area contributed by atoms with Crippen LogP contribution < -0.4 is 0 Å². The second kappa shape index (κ2) is 7.59. The van der Waals surface area contributed by atoms with Crippen molar-refractivity contribution < 1.29 is 19.1 Å². The van der Waals surface area contributed by atoms with E-state index in [4.69, 9.17) is 9.47 Å². The van der Waals surface area contributed by atoms with E-state index in [1.807, 2.05) is 6.08 Å². The van der Waals surface area contributed by atoms with Gasteiger partial charge < -0.3 is 9.47 Å². The third-order valence-corrected chi connectivity index (χ3v) is 5.54. The lowest BCUT2D eigenvalue weighted by Gasteiger charge is -2.27. The molecule has 1 aliphatic carbocycles. The van der Waals surface area contributed by atoms with Gasteiger partial charge in [-0.3, -0.25) is 9.59 Å². The molecule has 1 unspecified atom stereocenters. The van der Waals surface area contributed by atoms with Crippen LogP contribution >= 0.6 is 0 Å².